The van der Waals surface area contributed by atoms with E-state index in [1.807, 2.05) is 24.3 Å². The molecule has 8 heteroatoms. The minimum atomic E-state index is -3.77. The zero-order chi connectivity index (χ0) is 21.6. The van der Waals surface area contributed by atoms with Crippen LogP contribution in [-0.2, 0) is 16.6 Å². The minimum Gasteiger partial charge on any atom is -0.497 e. The molecule has 0 aliphatic carbocycles. The summed E-state index contributed by atoms with van der Waals surface area (Å²) in [6.07, 6.45) is 0. The maximum atomic E-state index is 13.0. The molecular weight excluding hydrogens is 392 g/mol. The van der Waals surface area contributed by atoms with Gasteiger partial charge in [0.1, 0.15) is 16.4 Å². The molecule has 0 radical (unpaired) electrons. The molecule has 0 aliphatic rings. The normalized spacial score (nSPS) is 11.4. The zero-order valence-corrected chi connectivity index (χ0v) is 18.3. The molecule has 0 bridgehead atoms. The number of methoxy groups -OCH3 is 2. The Kier molecular flexibility index (Phi) is 7.64. The molecule has 0 heterocycles. The largest absolute Gasteiger partial charge is 0.497 e. The van der Waals surface area contributed by atoms with Crippen molar-refractivity contribution in [2.24, 2.45) is 0 Å². The number of hydrogen-bond donors (Lipinski definition) is 0. The lowest BCUT2D eigenvalue weighted by atomic mass is 10.1. The van der Waals surface area contributed by atoms with E-state index in [1.165, 1.54) is 28.4 Å². The van der Waals surface area contributed by atoms with Crippen molar-refractivity contribution in [1.82, 2.24) is 9.21 Å². The zero-order valence-electron chi connectivity index (χ0n) is 17.5. The van der Waals surface area contributed by atoms with E-state index in [-0.39, 0.29) is 22.1 Å². The number of benzene rings is 2. The van der Waals surface area contributed by atoms with Crippen LogP contribution in [0, 0.1) is 0 Å². The first-order valence-corrected chi connectivity index (χ1v) is 10.8. The highest BCUT2D eigenvalue weighted by atomic mass is 32.2. The molecule has 0 spiro atoms. The fraction of sp³-hybridized carbons (Fsp3) is 0.381. The monoisotopic (exact) mass is 420 g/mol. The second kappa shape index (κ2) is 9.76. The maximum Gasteiger partial charge on any atom is 0.253 e. The van der Waals surface area contributed by atoms with Gasteiger partial charge in [0.15, 0.2) is 0 Å². The molecule has 7 nitrogen and oxygen atoms in total. The van der Waals surface area contributed by atoms with Crippen molar-refractivity contribution in [1.29, 1.82) is 0 Å². The van der Waals surface area contributed by atoms with Crippen LogP contribution in [0.3, 0.4) is 0 Å². The standard InChI is InChI=1S/C21H28N2O5S/c1-6-23(7-2)29(25,26)20-14-17(10-13-19(20)28-5)21(24)22(3)15-16-8-11-18(27-4)12-9-16/h8-14H,6-7,15H2,1-5H3. The van der Waals surface area contributed by atoms with Crippen molar-refractivity contribution >= 4 is 15.9 Å². The van der Waals surface area contributed by atoms with E-state index in [0.717, 1.165) is 11.3 Å². The van der Waals surface area contributed by atoms with Crippen LogP contribution in [0.25, 0.3) is 0 Å². The Morgan fingerprint density at radius 2 is 1.59 bits per heavy atom. The van der Waals surface area contributed by atoms with Crippen LogP contribution < -0.4 is 9.47 Å². The van der Waals surface area contributed by atoms with Gasteiger partial charge in [-0.25, -0.2) is 8.42 Å². The lowest BCUT2D eigenvalue weighted by molar-refractivity contribution is 0.0785. The van der Waals surface area contributed by atoms with Crippen molar-refractivity contribution in [3.63, 3.8) is 0 Å². The molecule has 0 unspecified atom stereocenters. The fourth-order valence-corrected chi connectivity index (χ4v) is 4.65. The van der Waals surface area contributed by atoms with Crippen molar-refractivity contribution in [3.8, 4) is 11.5 Å². The number of sulfonamides is 1. The highest BCUT2D eigenvalue weighted by Crippen LogP contribution is 2.28. The highest BCUT2D eigenvalue weighted by Gasteiger charge is 2.27. The van der Waals surface area contributed by atoms with E-state index >= 15 is 0 Å². The molecule has 2 aromatic rings. The van der Waals surface area contributed by atoms with Gasteiger partial charge in [0.25, 0.3) is 5.91 Å². The van der Waals surface area contributed by atoms with Gasteiger partial charge in [0, 0.05) is 32.2 Å². The molecule has 0 saturated heterocycles. The number of carbonyl (C=O) groups excluding carboxylic acids is 1. The van der Waals surface area contributed by atoms with Gasteiger partial charge < -0.3 is 14.4 Å². The summed E-state index contributed by atoms with van der Waals surface area (Å²) in [6, 6.07) is 11.9. The highest BCUT2D eigenvalue weighted by molar-refractivity contribution is 7.89. The van der Waals surface area contributed by atoms with E-state index in [0.29, 0.717) is 19.6 Å². The average Bonchev–Trinajstić information content (AvgIpc) is 2.73. The van der Waals surface area contributed by atoms with Crippen LogP contribution in [0.15, 0.2) is 47.4 Å². The molecular formula is C21H28N2O5S. The van der Waals surface area contributed by atoms with Gasteiger partial charge in [-0.1, -0.05) is 26.0 Å². The summed E-state index contributed by atoms with van der Waals surface area (Å²) in [4.78, 5) is 14.4. The molecule has 0 aliphatic heterocycles. The lowest BCUT2D eigenvalue weighted by Gasteiger charge is -2.22. The number of nitrogens with zero attached hydrogens (tertiary/aromatic N) is 2. The average molecular weight is 421 g/mol. The van der Waals surface area contributed by atoms with Crippen molar-refractivity contribution in [3.05, 3.63) is 53.6 Å². The summed E-state index contributed by atoms with van der Waals surface area (Å²) in [5.41, 5.74) is 1.22. The predicted molar refractivity (Wildman–Crippen MR) is 112 cm³/mol. The number of hydrogen-bond acceptors (Lipinski definition) is 5. The molecule has 158 valence electrons. The minimum absolute atomic E-state index is 0.00704. The topological polar surface area (TPSA) is 76.2 Å². The Hall–Kier alpha value is -2.58. The van der Waals surface area contributed by atoms with E-state index in [4.69, 9.17) is 9.47 Å². The third-order valence-corrected chi connectivity index (χ3v) is 6.73. The van der Waals surface area contributed by atoms with E-state index in [2.05, 4.69) is 0 Å². The van der Waals surface area contributed by atoms with Gasteiger partial charge in [0.2, 0.25) is 10.0 Å². The van der Waals surface area contributed by atoms with Gasteiger partial charge in [-0.2, -0.15) is 4.31 Å². The molecule has 0 aromatic heterocycles. The summed E-state index contributed by atoms with van der Waals surface area (Å²) in [5.74, 6) is 0.676. The first kappa shape index (κ1) is 22.7. The summed E-state index contributed by atoms with van der Waals surface area (Å²) in [5, 5.41) is 0. The van der Waals surface area contributed by atoms with Crippen molar-refractivity contribution in [2.75, 3.05) is 34.4 Å². The molecule has 0 N–H and O–H groups in total. The summed E-state index contributed by atoms with van der Waals surface area (Å²) in [7, 11) is 0.913. The molecule has 0 fully saturated rings. The van der Waals surface area contributed by atoms with Crippen molar-refractivity contribution in [2.45, 2.75) is 25.3 Å². The lowest BCUT2D eigenvalue weighted by Crippen LogP contribution is -2.31. The molecule has 2 rings (SSSR count). The number of carbonyl (C=O) groups is 1. The van der Waals surface area contributed by atoms with Crippen LogP contribution in [0.1, 0.15) is 29.8 Å². The summed E-state index contributed by atoms with van der Waals surface area (Å²) < 4.78 is 37.7. The molecule has 29 heavy (non-hydrogen) atoms. The van der Waals surface area contributed by atoms with Crippen molar-refractivity contribution < 1.29 is 22.7 Å². The Balaban J connectivity index is 2.32. The van der Waals surface area contributed by atoms with Crippen LogP contribution >= 0.6 is 0 Å². The van der Waals surface area contributed by atoms with Gasteiger partial charge in [-0.3, -0.25) is 4.79 Å². The predicted octanol–water partition coefficient (Wildman–Crippen LogP) is 3.01. The second-order valence-electron chi connectivity index (χ2n) is 6.46. The van der Waals surface area contributed by atoms with Gasteiger partial charge in [-0.05, 0) is 35.9 Å². The molecule has 0 atom stereocenters. The quantitative estimate of drug-likeness (QED) is 0.623. The molecule has 0 saturated carbocycles. The number of rotatable bonds is 9. The number of ether oxygens (including phenoxy) is 2. The Bertz CT molecular complexity index is 938. The van der Waals surface area contributed by atoms with E-state index < -0.39 is 10.0 Å². The summed E-state index contributed by atoms with van der Waals surface area (Å²) in [6.45, 7) is 4.58. The second-order valence-corrected chi connectivity index (χ2v) is 8.37. The van der Waals surface area contributed by atoms with Crippen LogP contribution in [-0.4, -0.2) is 57.9 Å². The first-order valence-electron chi connectivity index (χ1n) is 9.35. The van der Waals surface area contributed by atoms with Crippen LogP contribution in [0.5, 0.6) is 11.5 Å². The number of amides is 1. The molecule has 2 aromatic carbocycles. The van der Waals surface area contributed by atoms with Crippen LogP contribution in [0.4, 0.5) is 0 Å². The Labute approximate surface area is 172 Å². The maximum absolute atomic E-state index is 13.0. The first-order chi connectivity index (χ1) is 13.8. The van der Waals surface area contributed by atoms with E-state index in [1.54, 1.807) is 34.1 Å². The smallest absolute Gasteiger partial charge is 0.253 e. The summed E-state index contributed by atoms with van der Waals surface area (Å²) >= 11 is 0. The Morgan fingerprint density at radius 3 is 2.10 bits per heavy atom. The van der Waals surface area contributed by atoms with Gasteiger partial charge >= 0.3 is 0 Å². The van der Waals surface area contributed by atoms with Crippen LogP contribution in [0.2, 0.25) is 0 Å². The third-order valence-electron chi connectivity index (χ3n) is 4.66. The van der Waals surface area contributed by atoms with Gasteiger partial charge in [-0.15, -0.1) is 0 Å². The SMILES string of the molecule is CCN(CC)S(=O)(=O)c1cc(C(=O)N(C)Cc2ccc(OC)cc2)ccc1OC. The third kappa shape index (κ3) is 5.07. The molecule has 1 amide bonds. The van der Waals surface area contributed by atoms with E-state index in [9.17, 15) is 13.2 Å². The van der Waals surface area contributed by atoms with Gasteiger partial charge in [0.05, 0.1) is 14.2 Å². The fourth-order valence-electron chi connectivity index (χ4n) is 3.01. The Morgan fingerprint density at radius 1 is 0.966 bits per heavy atom.